The van der Waals surface area contributed by atoms with Crippen molar-refractivity contribution in [1.29, 1.82) is 0 Å². The fourth-order valence-corrected chi connectivity index (χ4v) is 3.59. The fraction of sp³-hybridized carbons (Fsp3) is 0.760. The molecular formula is C25H48. The summed E-state index contributed by atoms with van der Waals surface area (Å²) in [4.78, 5) is 0. The van der Waals surface area contributed by atoms with Gasteiger partial charge in [-0.25, -0.2) is 0 Å². The van der Waals surface area contributed by atoms with Gasteiger partial charge in [0.2, 0.25) is 0 Å². The summed E-state index contributed by atoms with van der Waals surface area (Å²) >= 11 is 0. The second-order valence-corrected chi connectivity index (χ2v) is 6.80. The van der Waals surface area contributed by atoms with Gasteiger partial charge in [0.25, 0.3) is 0 Å². The van der Waals surface area contributed by atoms with E-state index in [0.29, 0.717) is 0 Å². The molecule has 0 aromatic heterocycles. The number of rotatable bonds is 0. The lowest BCUT2D eigenvalue weighted by Gasteiger charge is -2.19. The van der Waals surface area contributed by atoms with Crippen LogP contribution in [0.25, 0.3) is 0 Å². The Morgan fingerprint density at radius 2 is 1.00 bits per heavy atom. The molecule has 0 atom stereocenters. The Kier molecular flexibility index (Phi) is 19.1. The second-order valence-electron chi connectivity index (χ2n) is 6.80. The third-order valence-electron chi connectivity index (χ3n) is 5.12. The molecule has 3 rings (SSSR count). The van der Waals surface area contributed by atoms with Crippen LogP contribution in [-0.2, 0) is 0 Å². The quantitative estimate of drug-likeness (QED) is 0.382. The first-order valence-electron chi connectivity index (χ1n) is 11.1. The van der Waals surface area contributed by atoms with E-state index < -0.39 is 0 Å². The number of hydrogen-bond acceptors (Lipinski definition) is 0. The molecule has 0 aliphatic heterocycles. The third kappa shape index (κ3) is 12.2. The minimum atomic E-state index is 0.929. The Balaban J connectivity index is 0. The SMILES string of the molecule is C/C=C1/CCCC/C1=C/C.C1CCC2(CC1)CC2.C=CC.CC.CC. The summed E-state index contributed by atoms with van der Waals surface area (Å²) in [6.45, 7) is 17.5. The van der Waals surface area contributed by atoms with Crippen LogP contribution in [0.15, 0.2) is 36.0 Å². The first kappa shape index (κ1) is 26.4. The van der Waals surface area contributed by atoms with Crippen molar-refractivity contribution in [1.82, 2.24) is 0 Å². The number of hydrogen-bond donors (Lipinski definition) is 0. The van der Waals surface area contributed by atoms with Gasteiger partial charge in [-0.1, -0.05) is 65.2 Å². The zero-order valence-electron chi connectivity index (χ0n) is 18.7. The van der Waals surface area contributed by atoms with Crippen molar-refractivity contribution in [2.75, 3.05) is 0 Å². The molecule has 0 amide bonds. The van der Waals surface area contributed by atoms with Crippen molar-refractivity contribution < 1.29 is 0 Å². The summed E-state index contributed by atoms with van der Waals surface area (Å²) in [5.41, 5.74) is 4.08. The van der Waals surface area contributed by atoms with Crippen molar-refractivity contribution >= 4 is 0 Å². The van der Waals surface area contributed by atoms with Gasteiger partial charge in [0, 0.05) is 0 Å². The molecule has 0 bridgehead atoms. The van der Waals surface area contributed by atoms with Crippen LogP contribution in [0.2, 0.25) is 0 Å². The highest BCUT2D eigenvalue weighted by Gasteiger charge is 2.42. The second kappa shape index (κ2) is 18.0. The van der Waals surface area contributed by atoms with Gasteiger partial charge in [-0.3, -0.25) is 0 Å². The molecule has 0 radical (unpaired) electrons. The zero-order valence-corrected chi connectivity index (χ0v) is 18.7. The highest BCUT2D eigenvalue weighted by atomic mass is 14.5. The topological polar surface area (TPSA) is 0 Å². The van der Waals surface area contributed by atoms with E-state index in [0.717, 1.165) is 5.41 Å². The van der Waals surface area contributed by atoms with Crippen molar-refractivity contribution in [3.05, 3.63) is 36.0 Å². The first-order valence-corrected chi connectivity index (χ1v) is 11.1. The lowest BCUT2D eigenvalue weighted by atomic mass is 9.87. The average Bonchev–Trinajstić information content (AvgIpc) is 3.45. The van der Waals surface area contributed by atoms with Crippen LogP contribution in [0.4, 0.5) is 0 Å². The van der Waals surface area contributed by atoms with E-state index in [4.69, 9.17) is 0 Å². The Labute approximate surface area is 160 Å². The van der Waals surface area contributed by atoms with Gasteiger partial charge in [0.15, 0.2) is 0 Å². The molecule has 3 fully saturated rings. The van der Waals surface area contributed by atoms with E-state index in [2.05, 4.69) is 32.6 Å². The molecule has 1 spiro atoms. The summed E-state index contributed by atoms with van der Waals surface area (Å²) in [6.07, 6.45) is 22.5. The van der Waals surface area contributed by atoms with E-state index in [1.807, 2.05) is 34.6 Å². The van der Waals surface area contributed by atoms with Crippen molar-refractivity contribution in [2.24, 2.45) is 5.41 Å². The Morgan fingerprint density at radius 3 is 1.24 bits per heavy atom. The van der Waals surface area contributed by atoms with Crippen LogP contribution < -0.4 is 0 Å². The molecule has 0 unspecified atom stereocenters. The van der Waals surface area contributed by atoms with Crippen LogP contribution in [0.5, 0.6) is 0 Å². The lowest BCUT2D eigenvalue weighted by molar-refractivity contribution is 0.337. The van der Waals surface area contributed by atoms with Crippen LogP contribution in [0.3, 0.4) is 0 Å². The molecule has 0 aromatic carbocycles. The maximum absolute atomic E-state index is 3.36. The van der Waals surface area contributed by atoms with Crippen LogP contribution in [-0.4, -0.2) is 0 Å². The molecule has 0 saturated heterocycles. The van der Waals surface area contributed by atoms with Gasteiger partial charge in [-0.15, -0.1) is 6.58 Å². The van der Waals surface area contributed by atoms with Crippen LogP contribution in [0, 0.1) is 5.41 Å². The van der Waals surface area contributed by atoms with E-state index in [1.165, 1.54) is 44.9 Å². The van der Waals surface area contributed by atoms with Gasteiger partial charge in [0.1, 0.15) is 0 Å². The minimum Gasteiger partial charge on any atom is -0.103 e. The zero-order chi connectivity index (χ0) is 19.6. The summed E-state index contributed by atoms with van der Waals surface area (Å²) in [5.74, 6) is 0. The lowest BCUT2D eigenvalue weighted by Crippen LogP contribution is -2.05. The summed E-state index contributed by atoms with van der Waals surface area (Å²) < 4.78 is 0. The highest BCUT2D eigenvalue weighted by molar-refractivity contribution is 5.31. The van der Waals surface area contributed by atoms with Gasteiger partial charge in [0.05, 0.1) is 0 Å². The minimum absolute atomic E-state index is 0.929. The van der Waals surface area contributed by atoms with Crippen molar-refractivity contribution in [3.63, 3.8) is 0 Å². The molecule has 0 heteroatoms. The molecular weight excluding hydrogens is 300 g/mol. The van der Waals surface area contributed by atoms with Crippen molar-refractivity contribution in [3.8, 4) is 0 Å². The summed E-state index contributed by atoms with van der Waals surface area (Å²) in [7, 11) is 0. The Hall–Kier alpha value is -0.780. The highest BCUT2D eigenvalue weighted by Crippen LogP contribution is 2.55. The molecule has 148 valence electrons. The standard InChI is InChI=1S/C10H16.C8H14.C3H6.2C2H6/c1-3-9-7-5-6-8-10(9)4-2;1-2-4-8(5-3-1)6-7-8;1-3-2;2*1-2/h3-4H,5-8H2,1-2H3;1-7H2;3H,1H2,2H3;2*1-2H3/b9-3-,10-4-;;;;. The van der Waals surface area contributed by atoms with Crippen molar-refractivity contribution in [2.45, 2.75) is 119 Å². The van der Waals surface area contributed by atoms with Gasteiger partial charge < -0.3 is 0 Å². The molecule has 0 nitrogen and oxygen atoms in total. The van der Waals surface area contributed by atoms with Gasteiger partial charge in [-0.2, -0.15) is 0 Å². The van der Waals surface area contributed by atoms with Crippen LogP contribution in [0.1, 0.15) is 119 Å². The molecule has 0 N–H and O–H groups in total. The smallest absolute Gasteiger partial charge is 0.0279 e. The Morgan fingerprint density at radius 1 is 0.640 bits per heavy atom. The molecule has 3 aliphatic rings. The molecule has 3 aliphatic carbocycles. The maximum atomic E-state index is 3.36. The summed E-state index contributed by atoms with van der Waals surface area (Å²) in [5, 5.41) is 0. The van der Waals surface area contributed by atoms with E-state index in [1.54, 1.807) is 42.9 Å². The first-order chi connectivity index (χ1) is 12.2. The molecule has 0 aromatic rings. The predicted molar refractivity (Wildman–Crippen MR) is 119 cm³/mol. The van der Waals surface area contributed by atoms with E-state index in [-0.39, 0.29) is 0 Å². The summed E-state index contributed by atoms with van der Waals surface area (Å²) in [6, 6.07) is 0. The predicted octanol–water partition coefficient (Wildman–Crippen LogP) is 9.43. The normalized spacial score (nSPS) is 22.7. The number of allylic oxidation sites excluding steroid dienone is 5. The van der Waals surface area contributed by atoms with Gasteiger partial charge >= 0.3 is 0 Å². The fourth-order valence-electron chi connectivity index (χ4n) is 3.59. The molecule has 3 saturated carbocycles. The van der Waals surface area contributed by atoms with Crippen LogP contribution >= 0.6 is 0 Å². The molecule has 0 heterocycles. The monoisotopic (exact) mass is 348 g/mol. The van der Waals surface area contributed by atoms with E-state index in [9.17, 15) is 0 Å². The third-order valence-corrected chi connectivity index (χ3v) is 5.12. The Bertz CT molecular complexity index is 324. The largest absolute Gasteiger partial charge is 0.103 e. The maximum Gasteiger partial charge on any atom is -0.0279 e. The molecule has 25 heavy (non-hydrogen) atoms. The average molecular weight is 349 g/mol. The van der Waals surface area contributed by atoms with Gasteiger partial charge in [-0.05, 0) is 88.7 Å². The van der Waals surface area contributed by atoms with E-state index >= 15 is 0 Å².